The summed E-state index contributed by atoms with van der Waals surface area (Å²) in [5.41, 5.74) is 10.9. The summed E-state index contributed by atoms with van der Waals surface area (Å²) in [4.78, 5) is 0. The smallest absolute Gasteiger partial charge is 0.0675 e. The van der Waals surface area contributed by atoms with Gasteiger partial charge in [-0.05, 0) is 105 Å². The molecule has 3 nitrogen and oxygen atoms in total. The molecule has 62 heavy (non-hydrogen) atoms. The van der Waals surface area contributed by atoms with Crippen molar-refractivity contribution in [3.63, 3.8) is 0 Å². The van der Waals surface area contributed by atoms with Gasteiger partial charge in [0.15, 0.2) is 0 Å². The van der Waals surface area contributed by atoms with Crippen LogP contribution in [-0.4, -0.2) is 13.7 Å². The molecule has 0 saturated carbocycles. The first-order valence-electron chi connectivity index (χ1n) is 22.4. The van der Waals surface area contributed by atoms with Crippen LogP contribution >= 0.6 is 11.3 Å². The summed E-state index contributed by atoms with van der Waals surface area (Å²) in [6.45, 7) is 9.60. The van der Waals surface area contributed by atoms with Gasteiger partial charge in [-0.1, -0.05) is 136 Å². The molecule has 0 radical (unpaired) electrons. The van der Waals surface area contributed by atoms with Gasteiger partial charge in [-0.25, -0.2) is 0 Å². The first kappa shape index (κ1) is 37.2. The molecule has 0 amide bonds. The van der Waals surface area contributed by atoms with E-state index in [0.717, 1.165) is 25.7 Å². The van der Waals surface area contributed by atoms with E-state index >= 15 is 0 Å². The third kappa shape index (κ3) is 5.23. The highest BCUT2D eigenvalue weighted by atomic mass is 32.1. The molecule has 0 aliphatic carbocycles. The summed E-state index contributed by atoms with van der Waals surface area (Å²) >= 11 is 1.88. The van der Waals surface area contributed by atoms with Crippen molar-refractivity contribution in [2.75, 3.05) is 0 Å². The second-order valence-electron chi connectivity index (χ2n) is 17.9. The normalized spacial score (nSPS) is 14.3. The van der Waals surface area contributed by atoms with Crippen molar-refractivity contribution in [3.8, 4) is 5.69 Å². The minimum atomic E-state index is -0.315. The molecule has 0 fully saturated rings. The number of benzene rings is 8. The zero-order valence-electron chi connectivity index (χ0n) is 35.8. The predicted molar refractivity (Wildman–Crippen MR) is 268 cm³/mol. The van der Waals surface area contributed by atoms with Crippen LogP contribution in [0.1, 0.15) is 64.5 Å². The van der Waals surface area contributed by atoms with E-state index in [1.165, 1.54) is 102 Å². The second-order valence-corrected chi connectivity index (χ2v) is 18.9. The van der Waals surface area contributed by atoms with E-state index in [1.807, 2.05) is 11.3 Å². The highest BCUT2D eigenvalue weighted by Gasteiger charge is 2.35. The lowest BCUT2D eigenvalue weighted by Gasteiger charge is -2.35. The fourth-order valence-corrected chi connectivity index (χ4v) is 12.6. The van der Waals surface area contributed by atoms with Crippen molar-refractivity contribution < 1.29 is 0 Å². The Morgan fingerprint density at radius 2 is 0.774 bits per heavy atom. The molecule has 2 atom stereocenters. The van der Waals surface area contributed by atoms with Gasteiger partial charge < -0.3 is 13.7 Å². The van der Waals surface area contributed by atoms with Crippen LogP contribution in [0.25, 0.3) is 91.3 Å². The van der Waals surface area contributed by atoms with Crippen molar-refractivity contribution in [3.05, 3.63) is 187 Å². The Morgan fingerprint density at radius 1 is 0.371 bits per heavy atom. The van der Waals surface area contributed by atoms with E-state index < -0.39 is 0 Å². The third-order valence-electron chi connectivity index (χ3n) is 14.3. The van der Waals surface area contributed by atoms with E-state index in [9.17, 15) is 0 Å². The van der Waals surface area contributed by atoms with Crippen molar-refractivity contribution in [1.29, 1.82) is 0 Å². The molecule has 12 aromatic rings. The quantitative estimate of drug-likeness (QED) is 0.138. The molecule has 4 heteroatoms. The lowest BCUT2D eigenvalue weighted by atomic mass is 9.85. The fourth-order valence-electron chi connectivity index (χ4n) is 11.5. The number of aromatic nitrogens is 3. The van der Waals surface area contributed by atoms with E-state index in [0.29, 0.717) is 0 Å². The number of nitrogens with zero attached hydrogens (tertiary/aromatic N) is 3. The van der Waals surface area contributed by atoms with Gasteiger partial charge in [0.1, 0.15) is 0 Å². The Labute approximate surface area is 366 Å². The van der Waals surface area contributed by atoms with Gasteiger partial charge in [0.05, 0.1) is 22.1 Å². The second kappa shape index (κ2) is 14.0. The average Bonchev–Trinajstić information content (AvgIpc) is 4.05. The molecule has 0 spiro atoms. The molecule has 0 saturated heterocycles. The molecule has 4 aromatic heterocycles. The maximum Gasteiger partial charge on any atom is 0.0675 e. The van der Waals surface area contributed by atoms with Crippen LogP contribution in [0.3, 0.4) is 0 Å². The fraction of sp³-hybridized carbons (Fsp3) is 0.172. The summed E-state index contributed by atoms with van der Waals surface area (Å²) in [5.74, 6) is 0. The van der Waals surface area contributed by atoms with Crippen LogP contribution in [0.4, 0.5) is 0 Å². The van der Waals surface area contributed by atoms with Crippen molar-refractivity contribution in [2.45, 2.75) is 64.5 Å². The first-order chi connectivity index (χ1) is 30.4. The minimum absolute atomic E-state index is 0.262. The largest absolute Gasteiger partial charge is 0.330 e. The molecular weight excluding hydrogens is 771 g/mol. The Hall–Kier alpha value is -6.62. The first-order valence-corrected chi connectivity index (χ1v) is 23.2. The number of rotatable bonds is 9. The van der Waals surface area contributed by atoms with E-state index in [2.05, 4.69) is 217 Å². The van der Waals surface area contributed by atoms with Gasteiger partial charge in [-0.3, -0.25) is 0 Å². The van der Waals surface area contributed by atoms with Crippen LogP contribution in [0.5, 0.6) is 0 Å². The van der Waals surface area contributed by atoms with Gasteiger partial charge in [-0.15, -0.1) is 11.3 Å². The molecule has 0 bridgehead atoms. The summed E-state index contributed by atoms with van der Waals surface area (Å²) in [6.07, 6.45) is 4.16. The third-order valence-corrected chi connectivity index (χ3v) is 15.4. The monoisotopic (exact) mass is 819 g/mol. The molecule has 0 N–H and O–H groups in total. The van der Waals surface area contributed by atoms with Crippen LogP contribution in [0.15, 0.2) is 176 Å². The van der Waals surface area contributed by atoms with Crippen LogP contribution < -0.4 is 0 Å². The molecule has 0 aliphatic rings. The summed E-state index contributed by atoms with van der Waals surface area (Å²) in [6, 6.07) is 66.5. The summed E-state index contributed by atoms with van der Waals surface area (Å²) in [7, 11) is 0. The average molecular weight is 820 g/mol. The maximum atomic E-state index is 2.68. The SMILES string of the molecule is CCCC(C)(c1ccc2c(c1)c1ccccc1n2C(C)(CCC)c1ccc2c(c1)c1ccccc1n2-c1ccc2c(c1)sc1ccccc12)n1c2ccccc2c2ccccc21. The van der Waals surface area contributed by atoms with Crippen molar-refractivity contribution in [1.82, 2.24) is 13.7 Å². The van der Waals surface area contributed by atoms with Gasteiger partial charge in [0.25, 0.3) is 0 Å². The van der Waals surface area contributed by atoms with Crippen LogP contribution in [0.2, 0.25) is 0 Å². The van der Waals surface area contributed by atoms with Gasteiger partial charge in [0, 0.05) is 80.2 Å². The zero-order valence-corrected chi connectivity index (χ0v) is 36.6. The number of hydrogen-bond donors (Lipinski definition) is 0. The highest BCUT2D eigenvalue weighted by molar-refractivity contribution is 7.25. The Kier molecular flexibility index (Phi) is 8.36. The van der Waals surface area contributed by atoms with Crippen LogP contribution in [0, 0.1) is 0 Å². The van der Waals surface area contributed by atoms with Gasteiger partial charge in [-0.2, -0.15) is 0 Å². The van der Waals surface area contributed by atoms with Gasteiger partial charge in [0.2, 0.25) is 0 Å². The standard InChI is InChI=1S/C58H49N3S/c1-5-33-57(3,60-51-23-13-8-17-41(51)42-18-9-14-24-52(42)60)39-28-32-54-48(36-39)44-20-10-15-25-53(44)61(54)58(4,34-6-2)38-27-31-50-47(35-38)43-19-7-12-22-49(43)59(50)40-29-30-46-45-21-11-16-26-55(45)62-56(46)37-40/h7-32,35-37H,5-6,33-34H2,1-4H3. The Morgan fingerprint density at radius 3 is 1.34 bits per heavy atom. The molecule has 4 heterocycles. The van der Waals surface area contributed by atoms with Crippen molar-refractivity contribution >= 4 is 96.9 Å². The van der Waals surface area contributed by atoms with Gasteiger partial charge >= 0.3 is 0 Å². The number of hydrogen-bond acceptors (Lipinski definition) is 1. The van der Waals surface area contributed by atoms with E-state index in [1.54, 1.807) is 0 Å². The molecule has 302 valence electrons. The zero-order chi connectivity index (χ0) is 41.7. The summed E-state index contributed by atoms with van der Waals surface area (Å²) in [5, 5.41) is 10.5. The maximum absolute atomic E-state index is 2.68. The Balaban J connectivity index is 1.05. The molecule has 8 aromatic carbocycles. The van der Waals surface area contributed by atoms with E-state index in [-0.39, 0.29) is 11.1 Å². The lowest BCUT2D eigenvalue weighted by molar-refractivity contribution is 0.378. The molecule has 0 aliphatic heterocycles. The summed E-state index contributed by atoms with van der Waals surface area (Å²) < 4.78 is 10.4. The topological polar surface area (TPSA) is 14.8 Å². The highest BCUT2D eigenvalue weighted by Crippen LogP contribution is 2.46. The number of para-hydroxylation sites is 4. The Bertz CT molecular complexity index is 3670. The van der Waals surface area contributed by atoms with Crippen LogP contribution in [-0.2, 0) is 11.1 Å². The number of thiophene rings is 1. The molecule has 2 unspecified atom stereocenters. The minimum Gasteiger partial charge on any atom is -0.330 e. The molecular formula is C58H49N3S. The molecule has 12 rings (SSSR count). The lowest BCUT2D eigenvalue weighted by Crippen LogP contribution is -2.32. The predicted octanol–water partition coefficient (Wildman–Crippen LogP) is 16.5. The van der Waals surface area contributed by atoms with E-state index in [4.69, 9.17) is 0 Å². The number of fused-ring (bicyclic) bond motifs is 12. The van der Waals surface area contributed by atoms with Crippen molar-refractivity contribution in [2.24, 2.45) is 0 Å².